The number of hydrogen-bond donors (Lipinski definition) is 1. The Bertz CT molecular complexity index is 1150. The van der Waals surface area contributed by atoms with E-state index in [1.54, 1.807) is 0 Å². The summed E-state index contributed by atoms with van der Waals surface area (Å²) in [6.07, 6.45) is 51.3. The smallest absolute Gasteiger partial charge is 0.362 e. The summed E-state index contributed by atoms with van der Waals surface area (Å²) in [5, 5.41) is 9.63. The van der Waals surface area contributed by atoms with Gasteiger partial charge in [0.1, 0.15) is 6.61 Å². The van der Waals surface area contributed by atoms with E-state index in [9.17, 15) is 19.5 Å². The van der Waals surface area contributed by atoms with Crippen molar-refractivity contribution in [3.05, 3.63) is 60.8 Å². The molecule has 0 aromatic carbocycles. The van der Waals surface area contributed by atoms with E-state index in [0.717, 1.165) is 57.8 Å². The summed E-state index contributed by atoms with van der Waals surface area (Å²) < 4.78 is 17.2. The van der Waals surface area contributed by atoms with E-state index in [2.05, 4.69) is 74.6 Å². The van der Waals surface area contributed by atoms with Crippen LogP contribution in [-0.4, -0.2) is 80.6 Å². The van der Waals surface area contributed by atoms with Gasteiger partial charge in [-0.3, -0.25) is 9.59 Å². The normalized spacial score (nSPS) is 13.4. The molecule has 0 rings (SSSR count). The molecule has 8 heteroatoms. The number of nitrogens with zero attached hydrogens (tertiary/aromatic N) is 1. The number of carboxylic acids is 1. The molecule has 0 aliphatic rings. The number of likely N-dealkylation sites (N-methyl/N-ethyl adjacent to an activating group) is 1. The van der Waals surface area contributed by atoms with Crippen molar-refractivity contribution >= 4 is 17.9 Å². The Hall–Kier alpha value is -2.97. The Morgan fingerprint density at radius 1 is 0.525 bits per heavy atom. The minimum absolute atomic E-state index is 0.0372. The lowest BCUT2D eigenvalue weighted by molar-refractivity contribution is -0.887. The summed E-state index contributed by atoms with van der Waals surface area (Å²) in [6, 6.07) is -0.627. The van der Waals surface area contributed by atoms with E-state index in [-0.39, 0.29) is 42.7 Å². The van der Waals surface area contributed by atoms with Gasteiger partial charge in [0.25, 0.3) is 0 Å². The predicted molar refractivity (Wildman–Crippen MR) is 247 cm³/mol. The Kier molecular flexibility index (Phi) is 39.6. The lowest BCUT2D eigenvalue weighted by Gasteiger charge is -2.31. The molecule has 0 saturated carbocycles. The first-order chi connectivity index (χ1) is 28.6. The highest BCUT2D eigenvalue weighted by Gasteiger charge is 2.31. The summed E-state index contributed by atoms with van der Waals surface area (Å²) in [6.45, 7) is 4.66. The number of carbonyl (C=O) groups excluding carboxylic acids is 2. The zero-order chi connectivity index (χ0) is 43.5. The minimum atomic E-state index is -0.885. The molecule has 0 amide bonds. The Morgan fingerprint density at radius 3 is 1.47 bits per heavy atom. The fourth-order valence-corrected chi connectivity index (χ4v) is 6.69. The van der Waals surface area contributed by atoms with Crippen molar-refractivity contribution in [1.29, 1.82) is 0 Å². The fraction of sp³-hybridized carbons (Fsp3) is 0.745. The molecule has 0 radical (unpaired) electrons. The molecule has 0 aromatic heterocycles. The SMILES string of the molecule is CCCCCCCC/C=C/C/C=C/C/C=C/CCCC(=O)OCC(COCCC(C(=O)O)[N+](C)(C)C)OC(=O)CCCCCCC/C=C/C=C/CCCCCCCCC. The van der Waals surface area contributed by atoms with Crippen molar-refractivity contribution in [1.82, 2.24) is 0 Å². The molecule has 0 heterocycles. The van der Waals surface area contributed by atoms with Gasteiger partial charge in [0, 0.05) is 19.3 Å². The first-order valence-electron chi connectivity index (χ1n) is 23.8. The topological polar surface area (TPSA) is 99.1 Å². The number of carbonyl (C=O) groups is 3. The van der Waals surface area contributed by atoms with Crippen molar-refractivity contribution in [2.45, 2.75) is 206 Å². The Morgan fingerprint density at radius 2 is 0.966 bits per heavy atom. The quantitative estimate of drug-likeness (QED) is 0.0215. The van der Waals surface area contributed by atoms with E-state index in [4.69, 9.17) is 14.2 Å². The van der Waals surface area contributed by atoms with Crippen LogP contribution in [0.2, 0.25) is 0 Å². The summed E-state index contributed by atoms with van der Waals surface area (Å²) in [7, 11) is 5.51. The molecular formula is C51H90NO7+. The number of unbranched alkanes of at least 4 members (excludes halogenated alkanes) is 19. The fourth-order valence-electron chi connectivity index (χ4n) is 6.69. The van der Waals surface area contributed by atoms with E-state index < -0.39 is 18.1 Å². The molecule has 340 valence electrons. The minimum Gasteiger partial charge on any atom is -0.477 e. The molecule has 2 atom stereocenters. The van der Waals surface area contributed by atoms with Crippen LogP contribution in [0.15, 0.2) is 60.8 Å². The third-order valence-corrected chi connectivity index (χ3v) is 10.4. The molecule has 59 heavy (non-hydrogen) atoms. The van der Waals surface area contributed by atoms with Gasteiger partial charge in [0.05, 0.1) is 34.4 Å². The molecule has 0 spiro atoms. The second-order valence-electron chi connectivity index (χ2n) is 17.0. The van der Waals surface area contributed by atoms with Crippen molar-refractivity contribution in [3.63, 3.8) is 0 Å². The molecule has 0 bridgehead atoms. The van der Waals surface area contributed by atoms with Crippen molar-refractivity contribution in [3.8, 4) is 0 Å². The molecule has 0 aliphatic heterocycles. The van der Waals surface area contributed by atoms with Crippen molar-refractivity contribution in [2.24, 2.45) is 0 Å². The van der Waals surface area contributed by atoms with Gasteiger partial charge in [-0.15, -0.1) is 0 Å². The van der Waals surface area contributed by atoms with Crippen LogP contribution in [0.25, 0.3) is 0 Å². The van der Waals surface area contributed by atoms with Crippen LogP contribution in [0.3, 0.4) is 0 Å². The molecule has 0 aliphatic carbocycles. The maximum absolute atomic E-state index is 12.7. The zero-order valence-electron chi connectivity index (χ0n) is 38.7. The van der Waals surface area contributed by atoms with Crippen LogP contribution < -0.4 is 0 Å². The van der Waals surface area contributed by atoms with Gasteiger partial charge in [-0.2, -0.15) is 0 Å². The van der Waals surface area contributed by atoms with Gasteiger partial charge in [-0.25, -0.2) is 4.79 Å². The van der Waals surface area contributed by atoms with Gasteiger partial charge in [-0.1, -0.05) is 164 Å². The first kappa shape index (κ1) is 56.0. The highest BCUT2D eigenvalue weighted by Crippen LogP contribution is 2.13. The van der Waals surface area contributed by atoms with Gasteiger partial charge in [-0.05, 0) is 70.6 Å². The first-order valence-corrected chi connectivity index (χ1v) is 23.8. The third-order valence-electron chi connectivity index (χ3n) is 10.4. The number of carboxylic acid groups (broad SMARTS) is 1. The highest BCUT2D eigenvalue weighted by atomic mass is 16.6. The van der Waals surface area contributed by atoms with E-state index >= 15 is 0 Å². The number of ether oxygens (including phenoxy) is 3. The number of allylic oxidation sites excluding steroid dienone is 10. The summed E-state index contributed by atoms with van der Waals surface area (Å²) >= 11 is 0. The second-order valence-corrected chi connectivity index (χ2v) is 17.0. The van der Waals surface area contributed by atoms with Crippen LogP contribution in [0.5, 0.6) is 0 Å². The van der Waals surface area contributed by atoms with Crippen LogP contribution in [0, 0.1) is 0 Å². The van der Waals surface area contributed by atoms with E-state index in [1.165, 1.54) is 96.3 Å². The molecule has 0 aromatic rings. The lowest BCUT2D eigenvalue weighted by atomic mass is 10.1. The number of rotatable bonds is 42. The van der Waals surface area contributed by atoms with Crippen molar-refractivity contribution in [2.75, 3.05) is 41.0 Å². The maximum atomic E-state index is 12.7. The molecule has 2 unspecified atom stereocenters. The van der Waals surface area contributed by atoms with E-state index in [0.29, 0.717) is 19.3 Å². The number of quaternary nitrogens is 1. The zero-order valence-corrected chi connectivity index (χ0v) is 38.7. The summed E-state index contributed by atoms with van der Waals surface area (Å²) in [4.78, 5) is 37.0. The van der Waals surface area contributed by atoms with Gasteiger partial charge in [0.2, 0.25) is 0 Å². The molecule has 8 nitrogen and oxygen atoms in total. The molecule has 1 N–H and O–H groups in total. The monoisotopic (exact) mass is 829 g/mol. The standard InChI is InChI=1S/C51H89NO7/c1-6-8-10-12-14-16-18-20-22-24-26-28-30-32-34-36-38-40-42-50(54)59-47(45-57-44-43-48(51(55)56)52(3,4)5)46-58-49(53)41-39-37-35-33-31-29-27-25-23-21-19-17-15-13-11-9-7-2/h21-24,26-29,33,35,47-48H,6-20,25,30-32,34,36-46H2,1-5H3/p+1/b23-21+,24-22+,28-26+,29-27+,35-33+. The third kappa shape index (κ3) is 40.2. The summed E-state index contributed by atoms with van der Waals surface area (Å²) in [5.41, 5.74) is 0. The van der Waals surface area contributed by atoms with Gasteiger partial charge >= 0.3 is 17.9 Å². The van der Waals surface area contributed by atoms with E-state index in [1.807, 2.05) is 21.1 Å². The largest absolute Gasteiger partial charge is 0.477 e. The average molecular weight is 829 g/mol. The predicted octanol–water partition coefficient (Wildman–Crippen LogP) is 13.4. The highest BCUT2D eigenvalue weighted by molar-refractivity contribution is 5.72. The Balaban J connectivity index is 4.42. The molecule has 0 saturated heterocycles. The van der Waals surface area contributed by atoms with Crippen LogP contribution in [0.1, 0.15) is 194 Å². The van der Waals surface area contributed by atoms with Crippen LogP contribution >= 0.6 is 0 Å². The maximum Gasteiger partial charge on any atom is 0.362 e. The molecule has 0 fully saturated rings. The number of hydrogen-bond acceptors (Lipinski definition) is 6. The molecular weight excluding hydrogens is 739 g/mol. The lowest BCUT2D eigenvalue weighted by Crippen LogP contribution is -2.50. The van der Waals surface area contributed by atoms with Crippen LogP contribution in [0.4, 0.5) is 0 Å². The average Bonchev–Trinajstić information content (AvgIpc) is 3.19. The van der Waals surface area contributed by atoms with Gasteiger partial charge < -0.3 is 23.8 Å². The number of aliphatic carboxylic acids is 1. The van der Waals surface area contributed by atoms with Gasteiger partial charge in [0.15, 0.2) is 12.1 Å². The van der Waals surface area contributed by atoms with Crippen molar-refractivity contribution < 1.29 is 38.2 Å². The van der Waals surface area contributed by atoms with Crippen LogP contribution in [-0.2, 0) is 28.6 Å². The Labute approximate surface area is 362 Å². The second kappa shape index (κ2) is 41.8. The summed E-state index contributed by atoms with van der Waals surface area (Å²) in [5.74, 6) is -1.56. The number of esters is 2.